The molecular weight excluding hydrogens is 258 g/mol. The number of carbonyl (C=O) groups excluding carboxylic acids is 1. The Morgan fingerprint density at radius 1 is 1.25 bits per heavy atom. The van der Waals surface area contributed by atoms with E-state index in [1.807, 2.05) is 0 Å². The molecule has 2 atom stereocenters. The van der Waals surface area contributed by atoms with Gasteiger partial charge in [0.25, 0.3) is 0 Å². The van der Waals surface area contributed by atoms with Crippen LogP contribution in [0.1, 0.15) is 25.7 Å². The molecule has 0 radical (unpaired) electrons. The zero-order chi connectivity index (χ0) is 14.4. The quantitative estimate of drug-likeness (QED) is 0.497. The van der Waals surface area contributed by atoms with Crippen LogP contribution in [-0.2, 0) is 4.79 Å². The normalized spacial score (nSPS) is 25.8. The molecule has 0 bridgehead atoms. The van der Waals surface area contributed by atoms with Crippen LogP contribution in [0.4, 0.5) is 4.79 Å². The van der Waals surface area contributed by atoms with Crippen LogP contribution < -0.4 is 10.6 Å². The standard InChI is InChI=1S/C14H23N3O3/c18-13(19)11-4-5-12(10-11)16-14(20)15-6-3-9-17-7-1-2-8-17/h4-5,11-12H,1-3,6-10H2,(H,18,19)(H2,15,16,20). The van der Waals surface area contributed by atoms with Crippen molar-refractivity contribution in [3.05, 3.63) is 12.2 Å². The van der Waals surface area contributed by atoms with Gasteiger partial charge in [0.1, 0.15) is 0 Å². The number of carboxylic acid groups (broad SMARTS) is 1. The summed E-state index contributed by atoms with van der Waals surface area (Å²) in [4.78, 5) is 24.9. The van der Waals surface area contributed by atoms with Crippen LogP contribution in [0.15, 0.2) is 12.2 Å². The van der Waals surface area contributed by atoms with Gasteiger partial charge in [-0.3, -0.25) is 4.79 Å². The Kier molecular flexibility index (Phi) is 5.40. The Morgan fingerprint density at radius 2 is 2.00 bits per heavy atom. The maximum Gasteiger partial charge on any atom is 0.315 e. The largest absolute Gasteiger partial charge is 0.481 e. The highest BCUT2D eigenvalue weighted by atomic mass is 16.4. The van der Waals surface area contributed by atoms with Crippen LogP contribution in [0.5, 0.6) is 0 Å². The van der Waals surface area contributed by atoms with Gasteiger partial charge in [0.05, 0.1) is 12.0 Å². The summed E-state index contributed by atoms with van der Waals surface area (Å²) in [5.41, 5.74) is 0. The third kappa shape index (κ3) is 4.52. The molecule has 2 aliphatic rings. The molecule has 0 spiro atoms. The first kappa shape index (κ1) is 14.8. The van der Waals surface area contributed by atoms with Crippen molar-refractivity contribution in [3.8, 4) is 0 Å². The molecule has 0 aromatic heterocycles. The van der Waals surface area contributed by atoms with Crippen LogP contribution in [0.3, 0.4) is 0 Å². The number of hydrogen-bond acceptors (Lipinski definition) is 3. The molecule has 0 aromatic rings. The van der Waals surface area contributed by atoms with Crippen molar-refractivity contribution in [2.75, 3.05) is 26.2 Å². The van der Waals surface area contributed by atoms with Gasteiger partial charge in [-0.05, 0) is 45.3 Å². The van der Waals surface area contributed by atoms with E-state index in [0.717, 1.165) is 13.0 Å². The van der Waals surface area contributed by atoms with Crippen LogP contribution in [-0.4, -0.2) is 54.2 Å². The van der Waals surface area contributed by atoms with Crippen LogP contribution in [0.25, 0.3) is 0 Å². The molecule has 1 saturated heterocycles. The van der Waals surface area contributed by atoms with Gasteiger partial charge < -0.3 is 20.6 Å². The highest BCUT2D eigenvalue weighted by molar-refractivity contribution is 5.76. The molecule has 0 saturated carbocycles. The molecule has 0 aromatic carbocycles. The Labute approximate surface area is 119 Å². The number of urea groups is 1. The minimum atomic E-state index is -0.837. The number of likely N-dealkylation sites (tertiary alicyclic amines) is 1. The number of hydrogen-bond donors (Lipinski definition) is 3. The smallest absolute Gasteiger partial charge is 0.315 e. The number of amides is 2. The molecule has 1 fully saturated rings. The van der Waals surface area contributed by atoms with Crippen molar-refractivity contribution >= 4 is 12.0 Å². The fourth-order valence-corrected chi connectivity index (χ4v) is 2.72. The van der Waals surface area contributed by atoms with Gasteiger partial charge in [0, 0.05) is 6.54 Å². The Morgan fingerprint density at radius 3 is 2.65 bits per heavy atom. The number of aliphatic carboxylic acids is 1. The first-order chi connectivity index (χ1) is 9.65. The molecule has 1 aliphatic carbocycles. The van der Waals surface area contributed by atoms with E-state index in [0.29, 0.717) is 13.0 Å². The van der Waals surface area contributed by atoms with Crippen molar-refractivity contribution in [3.63, 3.8) is 0 Å². The van der Waals surface area contributed by atoms with Gasteiger partial charge in [-0.25, -0.2) is 4.79 Å². The number of nitrogens with zero attached hydrogens (tertiary/aromatic N) is 1. The van der Waals surface area contributed by atoms with E-state index >= 15 is 0 Å². The van der Waals surface area contributed by atoms with Gasteiger partial charge in [0.15, 0.2) is 0 Å². The summed E-state index contributed by atoms with van der Waals surface area (Å²) in [6, 6.07) is -0.387. The molecule has 2 unspecified atom stereocenters. The summed E-state index contributed by atoms with van der Waals surface area (Å²) < 4.78 is 0. The molecule has 1 heterocycles. The number of carbonyl (C=O) groups is 2. The predicted octanol–water partition coefficient (Wildman–Crippen LogP) is 0.801. The molecule has 1 aliphatic heterocycles. The molecule has 3 N–H and O–H groups in total. The van der Waals surface area contributed by atoms with Gasteiger partial charge in [0.2, 0.25) is 0 Å². The van der Waals surface area contributed by atoms with E-state index in [4.69, 9.17) is 5.11 Å². The van der Waals surface area contributed by atoms with E-state index in [1.54, 1.807) is 12.2 Å². The average Bonchev–Trinajstić information content (AvgIpc) is 3.05. The molecule has 2 rings (SSSR count). The van der Waals surface area contributed by atoms with Gasteiger partial charge in [-0.1, -0.05) is 12.2 Å². The molecule has 112 valence electrons. The Balaban J connectivity index is 1.54. The van der Waals surface area contributed by atoms with E-state index in [2.05, 4.69) is 15.5 Å². The lowest BCUT2D eigenvalue weighted by Gasteiger charge is -2.15. The third-order valence-corrected chi connectivity index (χ3v) is 3.85. The SMILES string of the molecule is O=C(NCCCN1CCCC1)NC1C=CC(C(=O)O)C1. The third-order valence-electron chi connectivity index (χ3n) is 3.85. The maximum atomic E-state index is 11.7. The average molecular weight is 281 g/mol. The Bertz CT molecular complexity index is 378. The zero-order valence-electron chi connectivity index (χ0n) is 11.7. The summed E-state index contributed by atoms with van der Waals surface area (Å²) in [5, 5.41) is 14.5. The van der Waals surface area contributed by atoms with Crippen molar-refractivity contribution in [2.24, 2.45) is 5.92 Å². The van der Waals surface area contributed by atoms with Crippen molar-refractivity contribution in [1.29, 1.82) is 0 Å². The second kappa shape index (κ2) is 7.28. The number of nitrogens with one attached hydrogen (secondary N) is 2. The molecule has 20 heavy (non-hydrogen) atoms. The lowest BCUT2D eigenvalue weighted by molar-refractivity contribution is -0.140. The zero-order valence-corrected chi connectivity index (χ0v) is 11.7. The number of rotatable bonds is 6. The second-order valence-corrected chi connectivity index (χ2v) is 5.47. The van der Waals surface area contributed by atoms with E-state index < -0.39 is 11.9 Å². The summed E-state index contributed by atoms with van der Waals surface area (Å²) >= 11 is 0. The lowest BCUT2D eigenvalue weighted by Crippen LogP contribution is -2.41. The molecule has 2 amide bonds. The Hall–Kier alpha value is -1.56. The first-order valence-electron chi connectivity index (χ1n) is 7.33. The summed E-state index contributed by atoms with van der Waals surface area (Å²) in [6.07, 6.45) is 7.35. The minimum absolute atomic E-state index is 0.172. The van der Waals surface area contributed by atoms with Crippen LogP contribution in [0.2, 0.25) is 0 Å². The van der Waals surface area contributed by atoms with Crippen molar-refractivity contribution < 1.29 is 14.7 Å². The fraction of sp³-hybridized carbons (Fsp3) is 0.714. The van der Waals surface area contributed by atoms with Gasteiger partial charge in [-0.15, -0.1) is 0 Å². The highest BCUT2D eigenvalue weighted by Crippen LogP contribution is 2.17. The lowest BCUT2D eigenvalue weighted by atomic mass is 10.1. The molecular formula is C14H23N3O3. The molecule has 6 heteroatoms. The fourth-order valence-electron chi connectivity index (χ4n) is 2.72. The van der Waals surface area contributed by atoms with Gasteiger partial charge >= 0.3 is 12.0 Å². The van der Waals surface area contributed by atoms with Crippen LogP contribution in [0, 0.1) is 5.92 Å². The van der Waals surface area contributed by atoms with Crippen molar-refractivity contribution in [2.45, 2.75) is 31.7 Å². The summed E-state index contributed by atoms with van der Waals surface area (Å²) in [5.74, 6) is -1.31. The highest BCUT2D eigenvalue weighted by Gasteiger charge is 2.25. The van der Waals surface area contributed by atoms with Crippen LogP contribution >= 0.6 is 0 Å². The van der Waals surface area contributed by atoms with E-state index in [9.17, 15) is 9.59 Å². The van der Waals surface area contributed by atoms with Crippen molar-refractivity contribution in [1.82, 2.24) is 15.5 Å². The second-order valence-electron chi connectivity index (χ2n) is 5.47. The topological polar surface area (TPSA) is 81.7 Å². The first-order valence-corrected chi connectivity index (χ1v) is 7.33. The molecule has 6 nitrogen and oxygen atoms in total. The predicted molar refractivity (Wildman–Crippen MR) is 75.5 cm³/mol. The summed E-state index contributed by atoms with van der Waals surface area (Å²) in [7, 11) is 0. The van der Waals surface area contributed by atoms with E-state index in [-0.39, 0.29) is 12.1 Å². The maximum absolute atomic E-state index is 11.7. The summed E-state index contributed by atoms with van der Waals surface area (Å²) in [6.45, 7) is 4.04. The monoisotopic (exact) mass is 281 g/mol. The minimum Gasteiger partial charge on any atom is -0.481 e. The van der Waals surface area contributed by atoms with E-state index in [1.165, 1.54) is 25.9 Å². The van der Waals surface area contributed by atoms with Gasteiger partial charge in [-0.2, -0.15) is 0 Å². The number of carboxylic acids is 1.